The van der Waals surface area contributed by atoms with E-state index >= 15 is 0 Å². The van der Waals surface area contributed by atoms with Crippen LogP contribution < -0.4 is 31.9 Å². The third-order valence-electron chi connectivity index (χ3n) is 5.36. The van der Waals surface area contributed by atoms with Crippen LogP contribution in [0.25, 0.3) is 0 Å². The molecule has 0 aromatic carbocycles. The average molecular weight is 467 g/mol. The monoisotopic (exact) mass is 466 g/mol. The molecule has 163 valence electrons. The number of hydrogen-bond acceptors (Lipinski definition) is 5. The van der Waals surface area contributed by atoms with Crippen molar-refractivity contribution in [2.75, 3.05) is 59.4 Å². The summed E-state index contributed by atoms with van der Waals surface area (Å²) in [4.78, 5) is 0. The first kappa shape index (κ1) is 25.9. The fourth-order valence-electron chi connectivity index (χ4n) is 3.90. The van der Waals surface area contributed by atoms with Crippen molar-refractivity contribution in [2.24, 2.45) is 0 Å². The molecule has 1 saturated heterocycles. The Kier molecular flexibility index (Phi) is 18.1. The first-order valence-corrected chi connectivity index (χ1v) is 13.8. The van der Waals surface area contributed by atoms with Crippen LogP contribution in [0.1, 0.15) is 38.5 Å². The topological polar surface area (TPSA) is 76.8 Å². The number of rotatable bonds is 4. The van der Waals surface area contributed by atoms with E-state index in [2.05, 4.69) is 38.9 Å². The minimum atomic E-state index is 0.00694. The van der Waals surface area contributed by atoms with Gasteiger partial charge in [-0.15, -0.1) is 0 Å². The minimum absolute atomic E-state index is 0.00694. The van der Waals surface area contributed by atoms with Gasteiger partial charge in [-0.05, 0) is 25.7 Å². The number of hydrogen-bond donors (Lipinski definition) is 6. The molecule has 3 atom stereocenters. The number of halogens is 2. The normalized spacial score (nSPS) is 28.8. The molecule has 0 aromatic rings. The Labute approximate surface area is 181 Å². The van der Waals surface area contributed by atoms with Crippen LogP contribution in [0.5, 0.6) is 0 Å². The van der Waals surface area contributed by atoms with Crippen LogP contribution in [0.4, 0.5) is 0 Å². The van der Waals surface area contributed by atoms with Crippen LogP contribution in [0.15, 0.2) is 0 Å². The number of quaternary nitrogens is 1. The summed E-state index contributed by atoms with van der Waals surface area (Å²) in [6.07, 6.45) is 7.95. The van der Waals surface area contributed by atoms with Crippen molar-refractivity contribution in [3.63, 3.8) is 0 Å². The molecule has 0 spiro atoms. The first-order chi connectivity index (χ1) is 13.3. The summed E-state index contributed by atoms with van der Waals surface area (Å²) in [6.45, 7) is 8.72. The Balaban J connectivity index is 0.00000114. The molecule has 6 nitrogen and oxygen atoms in total. The van der Waals surface area contributed by atoms with Gasteiger partial charge in [-0.1, -0.05) is 12.8 Å². The van der Waals surface area contributed by atoms with Crippen molar-refractivity contribution in [3.8, 4) is 0 Å². The molecule has 7 N–H and O–H groups in total. The molecule has 0 aromatic heterocycles. The quantitative estimate of drug-likeness (QED) is 0.259. The zero-order valence-electron chi connectivity index (χ0n) is 16.8. The summed E-state index contributed by atoms with van der Waals surface area (Å²) in [5.41, 5.74) is 0. The van der Waals surface area contributed by atoms with E-state index in [4.69, 9.17) is 20.2 Å². The molecule has 1 aliphatic carbocycles. The van der Waals surface area contributed by atoms with Crippen molar-refractivity contribution >= 4 is 20.2 Å². The average Bonchev–Trinajstić information content (AvgIpc) is 2.68. The molecule has 27 heavy (non-hydrogen) atoms. The van der Waals surface area contributed by atoms with E-state index in [0.29, 0.717) is 18.1 Å². The zero-order chi connectivity index (χ0) is 19.6. The van der Waals surface area contributed by atoms with Gasteiger partial charge in [0.05, 0.1) is 13.6 Å². The predicted octanol–water partition coefficient (Wildman–Crippen LogP) is -0.0223. The van der Waals surface area contributed by atoms with E-state index in [0.717, 1.165) is 45.8 Å². The van der Waals surface area contributed by atoms with Gasteiger partial charge in [0.25, 0.3) is 0 Å². The van der Waals surface area contributed by atoms with Gasteiger partial charge in [-0.25, -0.2) is 0 Å². The molecule has 2 aliphatic rings. The van der Waals surface area contributed by atoms with Crippen molar-refractivity contribution in [2.45, 2.75) is 56.7 Å². The summed E-state index contributed by atoms with van der Waals surface area (Å²) in [7, 11) is 11.8. The Morgan fingerprint density at radius 1 is 0.852 bits per heavy atom. The summed E-state index contributed by atoms with van der Waals surface area (Å²) in [5.74, 6) is 0. The molecular formula is C18H41Cl2MnN6+. The standard InChI is InChI=1S/C18H40N6.2ClH.Mn/c1-19-8-4-5-16-15-24-18-7-3-2-6-17(18)23-14-12-21-10-9-20-11-13-22-16;;;/h16-24H,2-15H2,1H3;2*1H;/q;;;+2/p-1/t16-,17+,18+;;;/m0.../s1. The van der Waals surface area contributed by atoms with Gasteiger partial charge in [-0.3, -0.25) is 0 Å². The molecule has 2 fully saturated rings. The molecule has 1 saturated carbocycles. The van der Waals surface area contributed by atoms with Gasteiger partial charge >= 0.3 is 33.3 Å². The van der Waals surface area contributed by atoms with E-state index in [1.54, 1.807) is 0 Å². The Bertz CT molecular complexity index is 330. The first-order valence-electron chi connectivity index (χ1n) is 10.6. The van der Waals surface area contributed by atoms with Gasteiger partial charge in [0.2, 0.25) is 0 Å². The molecule has 0 unspecified atom stereocenters. The molecule has 1 aliphatic heterocycles. The van der Waals surface area contributed by atoms with Crippen molar-refractivity contribution in [3.05, 3.63) is 0 Å². The van der Waals surface area contributed by atoms with E-state index in [1.807, 2.05) is 0 Å². The Hall–Kier alpha value is 0.859. The van der Waals surface area contributed by atoms with Gasteiger partial charge in [0.1, 0.15) is 0 Å². The Morgan fingerprint density at radius 3 is 2.04 bits per heavy atom. The van der Waals surface area contributed by atoms with Crippen LogP contribution in [0, 0.1) is 0 Å². The second-order valence-corrected chi connectivity index (χ2v) is 9.35. The molecule has 0 amide bonds. The van der Waals surface area contributed by atoms with Crippen LogP contribution in [-0.2, 0) is 13.1 Å². The number of fused-ring (bicyclic) bond motifs is 1. The van der Waals surface area contributed by atoms with E-state index in [1.165, 1.54) is 45.1 Å². The summed E-state index contributed by atoms with van der Waals surface area (Å²) in [5, 5.41) is 20.8. The van der Waals surface area contributed by atoms with Crippen molar-refractivity contribution in [1.29, 1.82) is 0 Å². The predicted molar refractivity (Wildman–Crippen MR) is 113 cm³/mol. The molecule has 0 radical (unpaired) electrons. The maximum absolute atomic E-state index is 4.80. The second kappa shape index (κ2) is 18.9. The molecule has 9 heteroatoms. The third kappa shape index (κ3) is 13.7. The summed E-state index contributed by atoms with van der Waals surface area (Å²) < 4.78 is 0. The van der Waals surface area contributed by atoms with Gasteiger partial charge in [0, 0.05) is 63.9 Å². The fraction of sp³-hybridized carbons (Fsp3) is 1.00. The zero-order valence-corrected chi connectivity index (χ0v) is 19.5. The fourth-order valence-corrected chi connectivity index (χ4v) is 3.90. The molecule has 2 rings (SSSR count). The number of nitrogens with two attached hydrogens (primary N) is 1. The maximum atomic E-state index is 4.80. The van der Waals surface area contributed by atoms with Crippen molar-refractivity contribution in [1.82, 2.24) is 26.6 Å². The summed E-state index contributed by atoms with van der Waals surface area (Å²) >= 11 is 0.00694. The van der Waals surface area contributed by atoms with Gasteiger partial charge < -0.3 is 31.9 Å². The Morgan fingerprint density at radius 2 is 1.41 bits per heavy atom. The second-order valence-electron chi connectivity index (χ2n) is 7.40. The molecule has 0 bridgehead atoms. The van der Waals surface area contributed by atoms with Gasteiger partial charge in [0.15, 0.2) is 0 Å². The molecular weight excluding hydrogens is 426 g/mol. The van der Waals surface area contributed by atoms with E-state index in [-0.39, 0.29) is 13.1 Å². The van der Waals surface area contributed by atoms with Crippen LogP contribution in [-0.4, -0.2) is 77.5 Å². The van der Waals surface area contributed by atoms with Crippen LogP contribution >= 0.6 is 20.2 Å². The molecule has 1 heterocycles. The van der Waals surface area contributed by atoms with Crippen LogP contribution in [0.3, 0.4) is 0 Å². The van der Waals surface area contributed by atoms with E-state index < -0.39 is 0 Å². The van der Waals surface area contributed by atoms with Gasteiger partial charge in [-0.2, -0.15) is 0 Å². The van der Waals surface area contributed by atoms with E-state index in [9.17, 15) is 0 Å². The SMILES string of the molecule is C[NH2+]CCC[C@H]1CN[C@@H]2CCCC[C@H]2NCCNCCNCCN1.[Cl][Mn][Cl]. The van der Waals surface area contributed by atoms with Crippen LogP contribution in [0.2, 0.25) is 0 Å². The summed E-state index contributed by atoms with van der Waals surface area (Å²) in [6, 6.07) is 1.88. The number of nitrogens with one attached hydrogen (secondary N) is 5. The van der Waals surface area contributed by atoms with Crippen molar-refractivity contribution < 1.29 is 18.5 Å². The third-order valence-corrected chi connectivity index (χ3v) is 5.36.